The number of amides is 1. The number of ether oxygens (including phenoxy) is 1. The van der Waals surface area contributed by atoms with Gasteiger partial charge in [0.05, 0.1) is 11.6 Å². The van der Waals surface area contributed by atoms with Crippen LogP contribution in [0, 0.1) is 11.3 Å². The van der Waals surface area contributed by atoms with E-state index in [2.05, 4.69) is 5.32 Å². The van der Waals surface area contributed by atoms with Crippen LogP contribution in [0.25, 0.3) is 0 Å². The Morgan fingerprint density at radius 1 is 1.56 bits per heavy atom. The molecular formula is C12H12N2O2. The molecule has 0 aromatic heterocycles. The predicted octanol–water partition coefficient (Wildman–Crippen LogP) is 1.22. The zero-order valence-electron chi connectivity index (χ0n) is 8.77. The highest BCUT2D eigenvalue weighted by molar-refractivity contribution is 5.78. The Labute approximate surface area is 93.8 Å². The van der Waals surface area contributed by atoms with E-state index in [0.29, 0.717) is 17.4 Å². The highest BCUT2D eigenvalue weighted by Crippen LogP contribution is 2.18. The second-order valence-corrected chi connectivity index (χ2v) is 3.77. The van der Waals surface area contributed by atoms with E-state index in [-0.39, 0.29) is 12.5 Å². The fourth-order valence-electron chi connectivity index (χ4n) is 1.30. The van der Waals surface area contributed by atoms with Gasteiger partial charge in [0.25, 0.3) is 5.91 Å². The van der Waals surface area contributed by atoms with Crippen LogP contribution in [0.3, 0.4) is 0 Å². The highest BCUT2D eigenvalue weighted by Gasteiger charge is 2.23. The molecule has 0 heterocycles. The molecule has 4 heteroatoms. The maximum absolute atomic E-state index is 11.3. The third-order valence-corrected chi connectivity index (χ3v) is 2.28. The third-order valence-electron chi connectivity index (χ3n) is 2.28. The lowest BCUT2D eigenvalue weighted by molar-refractivity contribution is -0.123. The van der Waals surface area contributed by atoms with Crippen LogP contribution < -0.4 is 10.1 Å². The summed E-state index contributed by atoms with van der Waals surface area (Å²) in [6.07, 6.45) is 2.13. The molecule has 1 saturated carbocycles. The van der Waals surface area contributed by atoms with Crippen molar-refractivity contribution in [3.63, 3.8) is 0 Å². The average molecular weight is 216 g/mol. The van der Waals surface area contributed by atoms with E-state index in [1.54, 1.807) is 24.3 Å². The van der Waals surface area contributed by atoms with Crippen LogP contribution in [0.15, 0.2) is 24.3 Å². The Morgan fingerprint density at radius 2 is 2.38 bits per heavy atom. The molecule has 0 bridgehead atoms. The predicted molar refractivity (Wildman–Crippen MR) is 57.8 cm³/mol. The van der Waals surface area contributed by atoms with E-state index in [0.717, 1.165) is 12.8 Å². The minimum atomic E-state index is -0.107. The first-order valence-corrected chi connectivity index (χ1v) is 5.20. The largest absolute Gasteiger partial charge is 0.484 e. The SMILES string of the molecule is N#Cc1cccc(OCC(=O)NC2CC2)c1. The molecule has 1 aliphatic carbocycles. The lowest BCUT2D eigenvalue weighted by Crippen LogP contribution is -2.30. The van der Waals surface area contributed by atoms with E-state index in [1.807, 2.05) is 6.07 Å². The summed E-state index contributed by atoms with van der Waals surface area (Å²) >= 11 is 0. The molecule has 0 radical (unpaired) electrons. The Hall–Kier alpha value is -2.02. The molecule has 16 heavy (non-hydrogen) atoms. The Morgan fingerprint density at radius 3 is 3.06 bits per heavy atom. The van der Waals surface area contributed by atoms with Crippen LogP contribution in [-0.2, 0) is 4.79 Å². The lowest BCUT2D eigenvalue weighted by atomic mass is 10.2. The van der Waals surface area contributed by atoms with E-state index in [4.69, 9.17) is 10.00 Å². The van der Waals surface area contributed by atoms with Gasteiger partial charge < -0.3 is 10.1 Å². The minimum Gasteiger partial charge on any atom is -0.484 e. The standard InChI is InChI=1S/C12H12N2O2/c13-7-9-2-1-3-11(6-9)16-8-12(15)14-10-4-5-10/h1-3,6,10H,4-5,8H2,(H,14,15). The molecule has 1 N–H and O–H groups in total. The van der Waals surface area contributed by atoms with Gasteiger partial charge in [0.2, 0.25) is 0 Å². The monoisotopic (exact) mass is 216 g/mol. The van der Waals surface area contributed by atoms with Gasteiger partial charge in [-0.05, 0) is 31.0 Å². The molecule has 0 saturated heterocycles. The Kier molecular flexibility index (Phi) is 3.06. The number of rotatable bonds is 4. The molecule has 1 aromatic carbocycles. The van der Waals surface area contributed by atoms with Crippen molar-refractivity contribution in [1.82, 2.24) is 5.32 Å². The minimum absolute atomic E-state index is 0.00534. The number of carbonyl (C=O) groups is 1. The molecule has 82 valence electrons. The fraction of sp³-hybridized carbons (Fsp3) is 0.333. The molecule has 0 atom stereocenters. The van der Waals surface area contributed by atoms with Gasteiger partial charge in [0.15, 0.2) is 6.61 Å². The normalized spacial score (nSPS) is 13.9. The van der Waals surface area contributed by atoms with Gasteiger partial charge in [0, 0.05) is 6.04 Å². The maximum atomic E-state index is 11.3. The van der Waals surface area contributed by atoms with Gasteiger partial charge in [0.1, 0.15) is 5.75 Å². The Bertz CT molecular complexity index is 433. The van der Waals surface area contributed by atoms with E-state index in [9.17, 15) is 4.79 Å². The van der Waals surface area contributed by atoms with Gasteiger partial charge in [-0.2, -0.15) is 5.26 Å². The molecule has 0 unspecified atom stereocenters. The van der Waals surface area contributed by atoms with Crippen LogP contribution in [0.2, 0.25) is 0 Å². The molecule has 1 amide bonds. The van der Waals surface area contributed by atoms with E-state index in [1.165, 1.54) is 0 Å². The number of nitriles is 1. The quantitative estimate of drug-likeness (QED) is 0.823. The van der Waals surface area contributed by atoms with Crippen LogP contribution >= 0.6 is 0 Å². The summed E-state index contributed by atoms with van der Waals surface area (Å²) < 4.78 is 5.28. The van der Waals surface area contributed by atoms with Crippen LogP contribution in [-0.4, -0.2) is 18.6 Å². The molecule has 2 rings (SSSR count). The van der Waals surface area contributed by atoms with Gasteiger partial charge >= 0.3 is 0 Å². The topological polar surface area (TPSA) is 62.1 Å². The van der Waals surface area contributed by atoms with Gasteiger partial charge in [-0.15, -0.1) is 0 Å². The van der Waals surface area contributed by atoms with Crippen molar-refractivity contribution in [1.29, 1.82) is 5.26 Å². The van der Waals surface area contributed by atoms with Crippen molar-refractivity contribution < 1.29 is 9.53 Å². The highest BCUT2D eigenvalue weighted by atomic mass is 16.5. The van der Waals surface area contributed by atoms with Crippen molar-refractivity contribution in [2.75, 3.05) is 6.61 Å². The molecule has 4 nitrogen and oxygen atoms in total. The van der Waals surface area contributed by atoms with Gasteiger partial charge in [-0.25, -0.2) is 0 Å². The average Bonchev–Trinajstić information content (AvgIpc) is 3.10. The summed E-state index contributed by atoms with van der Waals surface area (Å²) in [5.41, 5.74) is 0.528. The number of benzene rings is 1. The van der Waals surface area contributed by atoms with Gasteiger partial charge in [-0.3, -0.25) is 4.79 Å². The molecule has 0 aliphatic heterocycles. The van der Waals surface area contributed by atoms with E-state index < -0.39 is 0 Å². The van der Waals surface area contributed by atoms with Crippen molar-refractivity contribution in [3.8, 4) is 11.8 Å². The summed E-state index contributed by atoms with van der Waals surface area (Å²) in [7, 11) is 0. The number of carbonyl (C=O) groups excluding carboxylic acids is 1. The first kappa shape index (κ1) is 10.5. The van der Waals surface area contributed by atoms with E-state index >= 15 is 0 Å². The second-order valence-electron chi connectivity index (χ2n) is 3.77. The molecule has 1 fully saturated rings. The first-order valence-electron chi connectivity index (χ1n) is 5.20. The maximum Gasteiger partial charge on any atom is 0.258 e. The summed E-state index contributed by atoms with van der Waals surface area (Å²) in [6.45, 7) is 0.00534. The molecule has 0 spiro atoms. The van der Waals surface area contributed by atoms with Crippen molar-refractivity contribution in [3.05, 3.63) is 29.8 Å². The summed E-state index contributed by atoms with van der Waals surface area (Å²) in [5, 5.41) is 11.5. The summed E-state index contributed by atoms with van der Waals surface area (Å²) in [5.74, 6) is 0.440. The first-order chi connectivity index (χ1) is 7.78. The molecule has 1 aromatic rings. The zero-order valence-corrected chi connectivity index (χ0v) is 8.77. The smallest absolute Gasteiger partial charge is 0.258 e. The van der Waals surface area contributed by atoms with Crippen molar-refractivity contribution in [2.45, 2.75) is 18.9 Å². The number of hydrogen-bond donors (Lipinski definition) is 1. The van der Waals surface area contributed by atoms with Crippen LogP contribution in [0.4, 0.5) is 0 Å². The zero-order chi connectivity index (χ0) is 11.4. The lowest BCUT2D eigenvalue weighted by Gasteiger charge is -2.06. The summed E-state index contributed by atoms with van der Waals surface area (Å²) in [6, 6.07) is 9.13. The van der Waals surface area contributed by atoms with Crippen LogP contribution in [0.1, 0.15) is 18.4 Å². The number of hydrogen-bond acceptors (Lipinski definition) is 3. The van der Waals surface area contributed by atoms with Crippen molar-refractivity contribution in [2.24, 2.45) is 0 Å². The van der Waals surface area contributed by atoms with Crippen molar-refractivity contribution >= 4 is 5.91 Å². The van der Waals surface area contributed by atoms with Gasteiger partial charge in [-0.1, -0.05) is 6.07 Å². The summed E-state index contributed by atoms with van der Waals surface area (Å²) in [4.78, 5) is 11.3. The Balaban J connectivity index is 1.83. The number of nitrogens with one attached hydrogen (secondary N) is 1. The van der Waals surface area contributed by atoms with Crippen LogP contribution in [0.5, 0.6) is 5.75 Å². The molecular weight excluding hydrogens is 204 g/mol. The fourth-order valence-corrected chi connectivity index (χ4v) is 1.30. The second kappa shape index (κ2) is 4.67. The molecule has 1 aliphatic rings. The number of nitrogens with zero attached hydrogens (tertiary/aromatic N) is 1. The third kappa shape index (κ3) is 2.99.